The Balaban J connectivity index is 1.57. The van der Waals surface area contributed by atoms with Gasteiger partial charge in [-0.05, 0) is 37.3 Å². The number of aromatic hydroxyl groups is 1. The van der Waals surface area contributed by atoms with Crippen LogP contribution in [0.25, 0.3) is 0 Å². The molecule has 1 aromatic heterocycles. The molecule has 3 aromatic rings. The van der Waals surface area contributed by atoms with Crippen LogP contribution in [0.1, 0.15) is 58.9 Å². The summed E-state index contributed by atoms with van der Waals surface area (Å²) in [6, 6.07) is 9.28. The fraction of sp³-hybridized carbons (Fsp3) is 0.333. The Hall–Kier alpha value is -3.53. The van der Waals surface area contributed by atoms with E-state index >= 15 is 4.39 Å². The molecule has 37 heavy (non-hydrogen) atoms. The van der Waals surface area contributed by atoms with Crippen molar-refractivity contribution in [3.63, 3.8) is 0 Å². The zero-order chi connectivity index (χ0) is 25.5. The third kappa shape index (κ3) is 3.24. The summed E-state index contributed by atoms with van der Waals surface area (Å²) in [4.78, 5) is 28.9. The summed E-state index contributed by atoms with van der Waals surface area (Å²) >= 11 is 1.41. The largest absolute Gasteiger partial charge is 0.502 e. The van der Waals surface area contributed by atoms with Gasteiger partial charge in [-0.15, -0.1) is 11.8 Å². The van der Waals surface area contributed by atoms with E-state index in [0.717, 1.165) is 29.4 Å². The summed E-state index contributed by atoms with van der Waals surface area (Å²) in [5, 5.41) is 12.7. The number of fused-ring (bicyclic) bond motifs is 8. The van der Waals surface area contributed by atoms with Crippen LogP contribution in [0.4, 0.5) is 8.78 Å². The van der Waals surface area contributed by atoms with Crippen molar-refractivity contribution in [1.82, 2.24) is 9.58 Å². The SMILES string of the molecule is O=C1c2c(O)c(=O)ccn2N2CN1C1(CCCOc3cc(F)c(F)c4c3[C@H]2c2ccccc2SC4)CC1. The standard InChI is InChI=1S/C27H23F2N3O4S/c28-17-12-19-21-16(22(17)29)13-37-20-5-2-1-4-15(20)23(21)32-14-30(27(8-9-27)7-3-11-36-19)26(35)24-25(34)18(33)6-10-31(24)32/h1-2,4-6,10,12,23,34H,3,7-9,11,13-14H2/t23-/m1/s1. The van der Waals surface area contributed by atoms with Crippen LogP contribution >= 0.6 is 11.8 Å². The fourth-order valence-electron chi connectivity index (χ4n) is 5.97. The minimum Gasteiger partial charge on any atom is -0.502 e. The highest BCUT2D eigenvalue weighted by molar-refractivity contribution is 7.98. The highest BCUT2D eigenvalue weighted by Crippen LogP contribution is 2.51. The molecule has 1 N–H and O–H groups in total. The third-order valence-electron chi connectivity index (χ3n) is 7.99. The third-order valence-corrected chi connectivity index (χ3v) is 9.10. The van der Waals surface area contributed by atoms with Crippen molar-refractivity contribution in [3.05, 3.63) is 86.8 Å². The van der Waals surface area contributed by atoms with Crippen LogP contribution in [0, 0.1) is 11.6 Å². The molecule has 1 spiro atoms. The number of halogens is 2. The first-order chi connectivity index (χ1) is 17.9. The number of ether oxygens (including phenoxy) is 1. The second-order valence-electron chi connectivity index (χ2n) is 10.0. The van der Waals surface area contributed by atoms with Gasteiger partial charge in [0, 0.05) is 45.6 Å². The topological polar surface area (TPSA) is 75.0 Å². The van der Waals surface area contributed by atoms with Gasteiger partial charge in [-0.25, -0.2) is 8.78 Å². The van der Waals surface area contributed by atoms with Crippen molar-refractivity contribution < 1.29 is 23.4 Å². The van der Waals surface area contributed by atoms with Crippen LogP contribution in [0.15, 0.2) is 52.3 Å². The molecule has 0 radical (unpaired) electrons. The smallest absolute Gasteiger partial charge is 0.278 e. The Bertz CT molecular complexity index is 1540. The van der Waals surface area contributed by atoms with Crippen molar-refractivity contribution in [3.8, 4) is 11.5 Å². The number of amides is 1. The summed E-state index contributed by atoms with van der Waals surface area (Å²) in [5.74, 6) is -2.46. The monoisotopic (exact) mass is 523 g/mol. The van der Waals surface area contributed by atoms with Gasteiger partial charge in [0.1, 0.15) is 18.5 Å². The lowest BCUT2D eigenvalue weighted by atomic mass is 9.92. The van der Waals surface area contributed by atoms with Gasteiger partial charge in [0.15, 0.2) is 23.1 Å². The number of carbonyl (C=O) groups excluding carboxylic acids is 1. The number of aromatic nitrogens is 1. The first-order valence-corrected chi connectivity index (χ1v) is 13.3. The van der Waals surface area contributed by atoms with Gasteiger partial charge in [-0.2, -0.15) is 0 Å². The molecular weight excluding hydrogens is 500 g/mol. The zero-order valence-electron chi connectivity index (χ0n) is 19.7. The average Bonchev–Trinajstić information content (AvgIpc) is 3.70. The van der Waals surface area contributed by atoms with Gasteiger partial charge >= 0.3 is 0 Å². The summed E-state index contributed by atoms with van der Waals surface area (Å²) in [6.45, 7) is 0.439. The molecule has 3 aliphatic heterocycles. The molecule has 0 saturated heterocycles. The number of thioether (sulfide) groups is 1. The number of pyridine rings is 1. The molecule has 1 saturated carbocycles. The predicted molar refractivity (Wildman–Crippen MR) is 133 cm³/mol. The lowest BCUT2D eigenvalue weighted by Crippen LogP contribution is -2.59. The minimum absolute atomic E-state index is 0.120. The van der Waals surface area contributed by atoms with Gasteiger partial charge < -0.3 is 14.7 Å². The molecular formula is C27H23F2N3O4S. The molecule has 10 heteroatoms. The van der Waals surface area contributed by atoms with E-state index in [9.17, 15) is 19.1 Å². The first-order valence-electron chi connectivity index (χ1n) is 12.3. The zero-order valence-corrected chi connectivity index (χ0v) is 20.6. The van der Waals surface area contributed by atoms with Gasteiger partial charge in [0.2, 0.25) is 5.43 Å². The maximum Gasteiger partial charge on any atom is 0.278 e. The molecule has 7 rings (SSSR count). The van der Waals surface area contributed by atoms with Gasteiger partial charge in [-0.1, -0.05) is 18.2 Å². The predicted octanol–water partition coefficient (Wildman–Crippen LogP) is 4.28. The Morgan fingerprint density at radius 1 is 1.11 bits per heavy atom. The highest BCUT2D eigenvalue weighted by Gasteiger charge is 2.54. The Kier molecular flexibility index (Phi) is 4.89. The van der Waals surface area contributed by atoms with Crippen LogP contribution in [-0.2, 0) is 5.75 Å². The van der Waals surface area contributed by atoms with Crippen molar-refractivity contribution in [1.29, 1.82) is 0 Å². The van der Waals surface area contributed by atoms with Gasteiger partial charge in [0.05, 0.1) is 6.61 Å². The van der Waals surface area contributed by atoms with Crippen LogP contribution in [0.2, 0.25) is 0 Å². The number of rotatable bonds is 0. The molecule has 1 aliphatic carbocycles. The molecule has 0 unspecified atom stereocenters. The molecule has 2 aromatic carbocycles. The maximum atomic E-state index is 15.4. The number of benzene rings is 2. The summed E-state index contributed by atoms with van der Waals surface area (Å²) in [7, 11) is 0. The number of hydrogen-bond acceptors (Lipinski definition) is 6. The molecule has 1 atom stereocenters. The fourth-order valence-corrected chi connectivity index (χ4v) is 7.07. The molecule has 4 heterocycles. The second-order valence-corrected chi connectivity index (χ2v) is 11.0. The lowest BCUT2D eigenvalue weighted by molar-refractivity contribution is 0.0536. The van der Waals surface area contributed by atoms with E-state index in [-0.39, 0.29) is 29.4 Å². The molecule has 1 fully saturated rings. The number of carbonyl (C=O) groups is 1. The first kappa shape index (κ1) is 22.7. The maximum absolute atomic E-state index is 15.4. The van der Waals surface area contributed by atoms with Crippen LogP contribution in [-0.4, -0.2) is 39.4 Å². The van der Waals surface area contributed by atoms with Crippen LogP contribution in [0.3, 0.4) is 0 Å². The molecule has 1 amide bonds. The van der Waals surface area contributed by atoms with E-state index < -0.39 is 40.3 Å². The quantitative estimate of drug-likeness (QED) is 0.474. The Morgan fingerprint density at radius 3 is 2.73 bits per heavy atom. The average molecular weight is 524 g/mol. The van der Waals surface area contributed by atoms with Crippen LogP contribution < -0.4 is 15.2 Å². The molecule has 4 aliphatic rings. The number of hydrogen-bond donors (Lipinski definition) is 1. The van der Waals surface area contributed by atoms with E-state index in [4.69, 9.17) is 4.74 Å². The molecule has 7 nitrogen and oxygen atoms in total. The van der Waals surface area contributed by atoms with E-state index in [1.807, 2.05) is 29.3 Å². The van der Waals surface area contributed by atoms with Gasteiger partial charge in [0.25, 0.3) is 5.91 Å². The van der Waals surface area contributed by atoms with E-state index in [1.54, 1.807) is 4.90 Å². The van der Waals surface area contributed by atoms with E-state index in [0.29, 0.717) is 25.0 Å². The summed E-state index contributed by atoms with van der Waals surface area (Å²) in [5.41, 5.74) is 0.343. The lowest BCUT2D eigenvalue weighted by Gasteiger charge is -2.46. The molecule has 190 valence electrons. The second kappa shape index (κ2) is 7.98. The number of nitrogens with zero attached hydrogens (tertiary/aromatic N) is 3. The summed E-state index contributed by atoms with van der Waals surface area (Å²) < 4.78 is 37.9. The Morgan fingerprint density at radius 2 is 1.92 bits per heavy atom. The van der Waals surface area contributed by atoms with Crippen molar-refractivity contribution in [2.75, 3.05) is 18.3 Å². The summed E-state index contributed by atoms with van der Waals surface area (Å²) in [6.07, 6.45) is 4.33. The minimum atomic E-state index is -0.968. The molecule has 2 bridgehead atoms. The van der Waals surface area contributed by atoms with Crippen molar-refractivity contribution in [2.45, 2.75) is 47.9 Å². The van der Waals surface area contributed by atoms with Crippen molar-refractivity contribution >= 4 is 17.7 Å². The highest BCUT2D eigenvalue weighted by atomic mass is 32.2. The van der Waals surface area contributed by atoms with Gasteiger partial charge in [-0.3, -0.25) is 19.3 Å². The Labute approximate surface area is 215 Å². The normalized spacial score (nSPS) is 21.2. The van der Waals surface area contributed by atoms with Crippen molar-refractivity contribution in [2.24, 2.45) is 0 Å². The van der Waals surface area contributed by atoms with Crippen LogP contribution in [0.5, 0.6) is 11.5 Å². The van der Waals surface area contributed by atoms with E-state index in [2.05, 4.69) is 0 Å². The van der Waals surface area contributed by atoms with E-state index in [1.165, 1.54) is 28.7 Å².